The Morgan fingerprint density at radius 3 is 2.58 bits per heavy atom. The number of sulfonamides is 1. The average Bonchev–Trinajstić information content (AvgIpc) is 3.20. The lowest BCUT2D eigenvalue weighted by Crippen LogP contribution is -2.43. The van der Waals surface area contributed by atoms with Gasteiger partial charge < -0.3 is 10.1 Å². The maximum atomic E-state index is 13.3. The average molecular weight is 477 g/mol. The Kier molecular flexibility index (Phi) is 6.54. The summed E-state index contributed by atoms with van der Waals surface area (Å²) >= 11 is 5.95. The smallest absolute Gasteiger partial charge is 0.416 e. The van der Waals surface area contributed by atoms with Crippen LogP contribution in [0, 0.1) is 6.92 Å². The molecule has 31 heavy (non-hydrogen) atoms. The summed E-state index contributed by atoms with van der Waals surface area (Å²) < 4.78 is 71.7. The first-order valence-corrected chi connectivity index (χ1v) is 11.1. The summed E-state index contributed by atoms with van der Waals surface area (Å²) in [5.41, 5.74) is -0.730. The number of rotatable bonds is 5. The predicted octanol–water partition coefficient (Wildman–Crippen LogP) is 4.47. The molecule has 1 fully saturated rings. The van der Waals surface area contributed by atoms with Crippen molar-refractivity contribution in [1.82, 2.24) is 4.31 Å². The summed E-state index contributed by atoms with van der Waals surface area (Å²) in [6.07, 6.45) is -3.96. The van der Waals surface area contributed by atoms with Crippen LogP contribution in [0.2, 0.25) is 5.02 Å². The number of ether oxygens (including phenoxy) is 1. The Labute approximate surface area is 183 Å². The van der Waals surface area contributed by atoms with E-state index in [0.717, 1.165) is 22.5 Å². The van der Waals surface area contributed by atoms with Crippen LogP contribution in [0.4, 0.5) is 18.9 Å². The number of anilines is 1. The topological polar surface area (TPSA) is 75.7 Å². The van der Waals surface area contributed by atoms with Gasteiger partial charge in [0.15, 0.2) is 0 Å². The van der Waals surface area contributed by atoms with Gasteiger partial charge in [0, 0.05) is 12.6 Å². The van der Waals surface area contributed by atoms with Crippen LogP contribution >= 0.6 is 11.6 Å². The third kappa shape index (κ3) is 4.81. The van der Waals surface area contributed by atoms with Crippen LogP contribution in [-0.4, -0.2) is 38.3 Å². The van der Waals surface area contributed by atoms with E-state index in [2.05, 4.69) is 5.32 Å². The fourth-order valence-corrected chi connectivity index (χ4v) is 5.48. The number of nitrogens with zero attached hydrogens (tertiary/aromatic N) is 1. The van der Waals surface area contributed by atoms with Crippen molar-refractivity contribution < 1.29 is 31.1 Å². The quantitative estimate of drug-likeness (QED) is 0.691. The monoisotopic (exact) mass is 476 g/mol. The molecule has 6 nitrogen and oxygen atoms in total. The molecular weight excluding hydrogens is 457 g/mol. The van der Waals surface area contributed by atoms with Gasteiger partial charge in [-0.25, -0.2) is 8.42 Å². The molecule has 1 aliphatic heterocycles. The number of halogens is 4. The SMILES string of the molecule is COc1ccc(C)c(S(=O)(=O)N2CCC[C@H]2C(=O)Nc2cc(C(F)(F)F)ccc2Cl)c1. The summed E-state index contributed by atoms with van der Waals surface area (Å²) in [5, 5.41) is 2.27. The number of nitrogens with one attached hydrogen (secondary N) is 1. The summed E-state index contributed by atoms with van der Waals surface area (Å²) in [4.78, 5) is 12.8. The molecule has 3 rings (SSSR count). The standard InChI is InChI=1S/C20H20ClF3N2O4S/c1-12-5-7-14(30-2)11-18(12)31(28,29)26-9-3-4-17(26)19(27)25-16-10-13(20(22,23)24)6-8-15(16)21/h5-8,10-11,17H,3-4,9H2,1-2H3,(H,25,27)/t17-/m0/s1. The second kappa shape index (κ2) is 8.68. The molecule has 0 unspecified atom stereocenters. The van der Waals surface area contributed by atoms with Gasteiger partial charge in [-0.2, -0.15) is 17.5 Å². The van der Waals surface area contributed by atoms with Crippen molar-refractivity contribution in [2.24, 2.45) is 0 Å². The van der Waals surface area contributed by atoms with Gasteiger partial charge in [0.2, 0.25) is 15.9 Å². The molecule has 0 aliphatic carbocycles. The van der Waals surface area contributed by atoms with E-state index in [4.69, 9.17) is 16.3 Å². The second-order valence-electron chi connectivity index (χ2n) is 7.09. The maximum Gasteiger partial charge on any atom is 0.416 e. The lowest BCUT2D eigenvalue weighted by molar-refractivity contribution is -0.137. The van der Waals surface area contributed by atoms with E-state index in [1.54, 1.807) is 19.1 Å². The molecule has 2 aromatic rings. The van der Waals surface area contributed by atoms with Gasteiger partial charge in [-0.15, -0.1) is 0 Å². The maximum absolute atomic E-state index is 13.3. The van der Waals surface area contributed by atoms with E-state index in [-0.39, 0.29) is 28.6 Å². The van der Waals surface area contributed by atoms with Crippen molar-refractivity contribution in [3.63, 3.8) is 0 Å². The van der Waals surface area contributed by atoms with Gasteiger partial charge in [0.1, 0.15) is 11.8 Å². The number of benzene rings is 2. The summed E-state index contributed by atoms with van der Waals surface area (Å²) in [7, 11) is -2.64. The molecule has 0 radical (unpaired) electrons. The van der Waals surface area contributed by atoms with Crippen molar-refractivity contribution in [1.29, 1.82) is 0 Å². The predicted molar refractivity (Wildman–Crippen MR) is 110 cm³/mol. The van der Waals surface area contributed by atoms with Gasteiger partial charge in [0.25, 0.3) is 0 Å². The van der Waals surface area contributed by atoms with Crippen molar-refractivity contribution in [3.8, 4) is 5.75 Å². The molecule has 0 bridgehead atoms. The van der Waals surface area contributed by atoms with E-state index in [1.807, 2.05) is 0 Å². The number of hydrogen-bond acceptors (Lipinski definition) is 4. The van der Waals surface area contributed by atoms with Crippen molar-refractivity contribution >= 4 is 33.2 Å². The number of alkyl halides is 3. The first-order chi connectivity index (χ1) is 14.4. The second-order valence-corrected chi connectivity index (χ2v) is 9.35. The van der Waals surface area contributed by atoms with Gasteiger partial charge in [0.05, 0.1) is 28.3 Å². The van der Waals surface area contributed by atoms with Gasteiger partial charge >= 0.3 is 6.18 Å². The number of methoxy groups -OCH3 is 1. The van der Waals surface area contributed by atoms with E-state index < -0.39 is 33.7 Å². The van der Waals surface area contributed by atoms with E-state index in [0.29, 0.717) is 17.7 Å². The normalized spacial score (nSPS) is 17.5. The Balaban J connectivity index is 1.89. The highest BCUT2D eigenvalue weighted by atomic mass is 35.5. The van der Waals surface area contributed by atoms with Crippen LogP contribution in [0.1, 0.15) is 24.0 Å². The zero-order valence-corrected chi connectivity index (χ0v) is 18.2. The Hall–Kier alpha value is -2.30. The van der Waals surface area contributed by atoms with Crippen molar-refractivity contribution in [3.05, 3.63) is 52.5 Å². The summed E-state index contributed by atoms with van der Waals surface area (Å²) in [6, 6.07) is 6.07. The Morgan fingerprint density at radius 1 is 1.23 bits per heavy atom. The fraction of sp³-hybridized carbons (Fsp3) is 0.350. The van der Waals surface area contributed by atoms with Crippen LogP contribution in [-0.2, 0) is 21.0 Å². The van der Waals surface area contributed by atoms with Crippen LogP contribution in [0.3, 0.4) is 0 Å². The molecule has 11 heteroatoms. The Bertz CT molecular complexity index is 1110. The molecule has 0 saturated carbocycles. The van der Waals surface area contributed by atoms with Crippen LogP contribution in [0.25, 0.3) is 0 Å². The number of carbonyl (C=O) groups is 1. The van der Waals surface area contributed by atoms with Crippen molar-refractivity contribution in [2.75, 3.05) is 19.0 Å². The van der Waals surface area contributed by atoms with E-state index in [1.165, 1.54) is 13.2 Å². The zero-order valence-electron chi connectivity index (χ0n) is 16.7. The van der Waals surface area contributed by atoms with Gasteiger partial charge in [-0.1, -0.05) is 17.7 Å². The third-order valence-electron chi connectivity index (χ3n) is 5.04. The minimum absolute atomic E-state index is 0.00338. The molecule has 1 atom stereocenters. The molecule has 1 N–H and O–H groups in total. The highest BCUT2D eigenvalue weighted by Gasteiger charge is 2.40. The van der Waals surface area contributed by atoms with E-state index in [9.17, 15) is 26.4 Å². The largest absolute Gasteiger partial charge is 0.497 e. The molecular formula is C20H20ClF3N2O4S. The lowest BCUT2D eigenvalue weighted by atomic mass is 10.1. The minimum Gasteiger partial charge on any atom is -0.497 e. The minimum atomic E-state index is -4.61. The summed E-state index contributed by atoms with van der Waals surface area (Å²) in [5.74, 6) is -0.400. The van der Waals surface area contributed by atoms with Gasteiger partial charge in [-0.3, -0.25) is 4.79 Å². The van der Waals surface area contributed by atoms with E-state index >= 15 is 0 Å². The highest BCUT2D eigenvalue weighted by Crippen LogP contribution is 2.35. The first-order valence-electron chi connectivity index (χ1n) is 9.29. The first kappa shape index (κ1) is 23.4. The third-order valence-corrected chi connectivity index (χ3v) is 7.42. The zero-order chi connectivity index (χ0) is 23.0. The highest BCUT2D eigenvalue weighted by molar-refractivity contribution is 7.89. The summed E-state index contributed by atoms with van der Waals surface area (Å²) in [6.45, 7) is 1.73. The van der Waals surface area contributed by atoms with Crippen molar-refractivity contribution in [2.45, 2.75) is 36.9 Å². The molecule has 2 aromatic carbocycles. The fourth-order valence-electron chi connectivity index (χ4n) is 3.41. The Morgan fingerprint density at radius 2 is 1.94 bits per heavy atom. The molecule has 168 valence electrons. The molecule has 1 heterocycles. The molecule has 1 amide bonds. The molecule has 1 saturated heterocycles. The number of carbonyl (C=O) groups excluding carboxylic acids is 1. The van der Waals surface area contributed by atoms with Crippen LogP contribution < -0.4 is 10.1 Å². The molecule has 0 aromatic heterocycles. The van der Waals surface area contributed by atoms with Gasteiger partial charge in [-0.05, 0) is 49.6 Å². The van der Waals surface area contributed by atoms with Crippen LogP contribution in [0.5, 0.6) is 5.75 Å². The number of amides is 1. The molecule has 1 aliphatic rings. The van der Waals surface area contributed by atoms with Crippen LogP contribution in [0.15, 0.2) is 41.3 Å². The lowest BCUT2D eigenvalue weighted by Gasteiger charge is -2.24. The number of aryl methyl sites for hydroxylation is 1. The number of hydrogen-bond donors (Lipinski definition) is 1. The molecule has 0 spiro atoms.